The van der Waals surface area contributed by atoms with Gasteiger partial charge in [0, 0.05) is 18.7 Å². The lowest BCUT2D eigenvalue weighted by atomic mass is 10.1. The minimum absolute atomic E-state index is 0.0495. The van der Waals surface area contributed by atoms with Crippen molar-refractivity contribution in [2.75, 3.05) is 49.9 Å². The van der Waals surface area contributed by atoms with Crippen molar-refractivity contribution in [2.45, 2.75) is 191 Å². The van der Waals surface area contributed by atoms with E-state index >= 15 is 0 Å². The van der Waals surface area contributed by atoms with Crippen molar-refractivity contribution in [2.24, 2.45) is 0 Å². The van der Waals surface area contributed by atoms with Crippen LogP contribution in [-0.2, 0) is 65.9 Å². The number of hydrogen-bond acceptors (Lipinski definition) is 24. The fraction of sp³-hybridized carbons (Fsp3) is 0.735. The molecule has 2 saturated carbocycles. The standard InChI is InChI=1S/C30H45ClN5O10P.C19H27ClN5O9P/c1-9-40-25(37)26(47(8,39)42-10-2)41-16-19-20-21(45-30(6,7)44-20)24(43-19)36-23-18(15-32-36)22(33-27(31)34-23)35(17-13-11-12-14-17)28(38)46-29(3,4)5;1-2-32-17(28)18(35(29,30)31)33-8-11-12(26)13(27)16(34-11)25-15-10(7-21-25)14(23-19(20)24-15)22-9-5-3-4-6-9/h15,17,19-21,24,26H,9-14,16H2,1-8H3;7,9,11-13,16,18,26-27H,2-6,8H2,1H3,(H,22,23,24)(H2,29,30,31)/t19-,20-,21-,24-,26?,47?;11-,12-,13-,16-,18?/m11/s1. The number of rotatable bonds is 20. The number of anilines is 2. The molecule has 4 aromatic rings. The summed E-state index contributed by atoms with van der Waals surface area (Å²) in [5.74, 6) is -5.92. The quantitative estimate of drug-likeness (QED) is 0.0294. The molecule has 82 heavy (non-hydrogen) atoms. The van der Waals surface area contributed by atoms with Gasteiger partial charge in [-0.05, 0) is 104 Å². The molecule has 0 bridgehead atoms. The minimum Gasteiger partial charge on any atom is -0.464 e. The fourth-order valence-electron chi connectivity index (χ4n) is 10.5. The summed E-state index contributed by atoms with van der Waals surface area (Å²) in [7, 11) is -8.59. The van der Waals surface area contributed by atoms with Crippen molar-refractivity contribution in [3.63, 3.8) is 0 Å². The van der Waals surface area contributed by atoms with Gasteiger partial charge >= 0.3 is 25.6 Å². The molecule has 1 amide bonds. The summed E-state index contributed by atoms with van der Waals surface area (Å²) >= 11 is 12.6. The van der Waals surface area contributed by atoms with Crippen LogP contribution in [0.3, 0.4) is 0 Å². The second-order valence-electron chi connectivity index (χ2n) is 21.7. The van der Waals surface area contributed by atoms with Crippen molar-refractivity contribution in [3.8, 4) is 0 Å². The van der Waals surface area contributed by atoms with Crippen LogP contribution in [0.15, 0.2) is 12.4 Å². The largest absolute Gasteiger partial charge is 0.464 e. The first-order chi connectivity index (χ1) is 38.6. The molecule has 2 aliphatic carbocycles. The topological polar surface area (TPSA) is 361 Å². The molecule has 7 heterocycles. The summed E-state index contributed by atoms with van der Waals surface area (Å²) in [6.07, 6.45) is 1.75. The number of fused-ring (bicyclic) bond motifs is 3. The third-order valence-electron chi connectivity index (χ3n) is 13.9. The van der Waals surface area contributed by atoms with Crippen molar-refractivity contribution < 1.29 is 90.7 Å². The molecule has 4 aromatic heterocycles. The number of amides is 1. The average Bonchev–Trinajstić information content (AvgIpc) is 2.96. The third-order valence-corrected chi connectivity index (χ3v) is 17.2. The number of aliphatic hydroxyl groups is 2. The molecule has 5 N–H and O–H groups in total. The fourth-order valence-corrected chi connectivity index (χ4v) is 12.9. The van der Waals surface area contributed by atoms with Crippen molar-refractivity contribution in [1.82, 2.24) is 39.5 Å². The first kappa shape index (κ1) is 63.7. The van der Waals surface area contributed by atoms with Crippen LogP contribution in [0, 0.1) is 0 Å². The Morgan fingerprint density at radius 1 is 0.768 bits per heavy atom. The maximum Gasteiger partial charge on any atom is 0.416 e. The lowest BCUT2D eigenvalue weighted by molar-refractivity contribution is -0.204. The molecule has 3 aliphatic heterocycles. The molecular formula is C49H72Cl2N10O19P2. The maximum absolute atomic E-state index is 13.6. The van der Waals surface area contributed by atoms with E-state index < -0.39 is 112 Å². The second-order valence-corrected chi connectivity index (χ2v) is 26.6. The van der Waals surface area contributed by atoms with Crippen LogP contribution in [0.4, 0.5) is 16.4 Å². The zero-order chi connectivity index (χ0) is 59.6. The number of halogens is 2. The molecular weight excluding hydrogens is 1170 g/mol. The van der Waals surface area contributed by atoms with Crippen LogP contribution >= 0.6 is 38.2 Å². The SMILES string of the molecule is CCOC(=O)C(OC[C@H]1O[C@@H](n2ncc3c(N(C(=O)OC(C)(C)C)C4CCCC4)nc(Cl)nc32)[C@@H]2OC(C)(C)O[C@@H]21)P(C)(=O)OCC.CCOC(=O)C(OC[C@H]1O[C@@H](n2ncc3c(NC4CCCC4)nc(Cl)nc32)[C@H](O)[C@@H]1O)P(=O)(O)O. The van der Waals surface area contributed by atoms with E-state index in [0.29, 0.717) is 22.2 Å². The van der Waals surface area contributed by atoms with E-state index in [1.807, 2.05) is 20.8 Å². The number of nitrogens with one attached hydrogen (secondary N) is 1. The number of aromatic nitrogens is 8. The number of aliphatic hydroxyl groups excluding tert-OH is 2. The van der Waals surface area contributed by atoms with Crippen molar-refractivity contribution in [3.05, 3.63) is 23.0 Å². The Bertz CT molecular complexity index is 3010. The van der Waals surface area contributed by atoms with Gasteiger partial charge in [-0.15, -0.1) is 0 Å². The molecule has 33 heteroatoms. The maximum atomic E-state index is 13.6. The van der Waals surface area contributed by atoms with Gasteiger partial charge in [0.25, 0.3) is 5.85 Å². The summed E-state index contributed by atoms with van der Waals surface area (Å²) in [6.45, 7) is 14.4. The smallest absolute Gasteiger partial charge is 0.416 e. The van der Waals surface area contributed by atoms with E-state index in [1.54, 1.807) is 38.8 Å². The van der Waals surface area contributed by atoms with E-state index in [-0.39, 0.29) is 60.5 Å². The van der Waals surface area contributed by atoms with Crippen LogP contribution < -0.4 is 10.2 Å². The first-order valence-corrected chi connectivity index (χ1v) is 31.7. The van der Waals surface area contributed by atoms with Gasteiger partial charge in [0.15, 0.2) is 35.4 Å². The molecule has 5 fully saturated rings. The Kier molecular flexibility index (Phi) is 20.3. The summed E-state index contributed by atoms with van der Waals surface area (Å²) < 4.78 is 84.3. The van der Waals surface area contributed by atoms with Crippen LogP contribution in [0.1, 0.15) is 119 Å². The Morgan fingerprint density at radius 2 is 1.30 bits per heavy atom. The predicted molar refractivity (Wildman–Crippen MR) is 291 cm³/mol. The third kappa shape index (κ3) is 14.5. The van der Waals surface area contributed by atoms with Crippen molar-refractivity contribution >= 4 is 89.9 Å². The van der Waals surface area contributed by atoms with Gasteiger partial charge in [0.05, 0.1) is 56.2 Å². The summed E-state index contributed by atoms with van der Waals surface area (Å²) in [4.78, 5) is 76.1. The van der Waals surface area contributed by atoms with Crippen LogP contribution in [0.2, 0.25) is 10.6 Å². The normalized spacial score (nSPS) is 26.3. The molecule has 0 aromatic carbocycles. The highest BCUT2D eigenvalue weighted by atomic mass is 35.5. The van der Waals surface area contributed by atoms with Gasteiger partial charge in [-0.25, -0.2) is 23.7 Å². The molecule has 0 spiro atoms. The molecule has 29 nitrogen and oxygen atoms in total. The van der Waals surface area contributed by atoms with E-state index in [1.165, 1.54) is 29.1 Å². The molecule has 0 radical (unpaired) electrons. The lowest BCUT2D eigenvalue weighted by Gasteiger charge is -2.31. The van der Waals surface area contributed by atoms with Gasteiger partial charge in [0.2, 0.25) is 23.8 Å². The van der Waals surface area contributed by atoms with Gasteiger partial charge < -0.3 is 72.5 Å². The Labute approximate surface area is 482 Å². The molecule has 3 unspecified atom stereocenters. The monoisotopic (exact) mass is 1240 g/mol. The van der Waals surface area contributed by atoms with E-state index in [9.17, 15) is 43.5 Å². The second kappa shape index (κ2) is 26.1. The first-order valence-electron chi connectivity index (χ1n) is 27.1. The average molecular weight is 1240 g/mol. The predicted octanol–water partition coefficient (Wildman–Crippen LogP) is 5.97. The van der Waals surface area contributed by atoms with Gasteiger partial charge in [0.1, 0.15) is 48.0 Å². The number of nitrogens with zero attached hydrogens (tertiary/aromatic N) is 9. The zero-order valence-corrected chi connectivity index (χ0v) is 50.2. The van der Waals surface area contributed by atoms with Crippen LogP contribution in [0.5, 0.6) is 0 Å². The van der Waals surface area contributed by atoms with Gasteiger partial charge in [-0.3, -0.25) is 14.0 Å². The molecule has 3 saturated heterocycles. The lowest BCUT2D eigenvalue weighted by Crippen LogP contribution is -2.43. The summed E-state index contributed by atoms with van der Waals surface area (Å²) in [6, 6.07) is 0.104. The summed E-state index contributed by atoms with van der Waals surface area (Å²) in [5.41, 5.74) is -0.169. The van der Waals surface area contributed by atoms with Gasteiger partial charge in [-0.1, -0.05) is 25.7 Å². The van der Waals surface area contributed by atoms with Crippen LogP contribution in [0.25, 0.3) is 22.1 Å². The molecule has 5 aliphatic rings. The van der Waals surface area contributed by atoms with E-state index in [4.69, 9.17) is 65.6 Å². The Hall–Kier alpha value is -4.29. The van der Waals surface area contributed by atoms with Gasteiger partial charge in [-0.2, -0.15) is 30.1 Å². The number of ether oxygens (including phenoxy) is 9. The molecule has 456 valence electrons. The minimum atomic E-state index is -5.03. The number of carbonyl (C=O) groups is 3. The number of hydrogen-bond donors (Lipinski definition) is 5. The highest BCUT2D eigenvalue weighted by Gasteiger charge is 2.57. The molecule has 11 atom stereocenters. The Balaban J connectivity index is 0.000000224. The van der Waals surface area contributed by atoms with Crippen molar-refractivity contribution in [1.29, 1.82) is 0 Å². The molecule has 9 rings (SSSR count). The van der Waals surface area contributed by atoms with E-state index in [0.717, 1.165) is 51.4 Å². The zero-order valence-electron chi connectivity index (χ0n) is 46.9. The number of carbonyl (C=O) groups excluding carboxylic acids is 3. The summed E-state index contributed by atoms with van der Waals surface area (Å²) in [5, 5.41) is 34.2. The van der Waals surface area contributed by atoms with E-state index in [2.05, 4.69) is 40.2 Å². The van der Waals surface area contributed by atoms with Crippen LogP contribution in [-0.4, -0.2) is 189 Å². The number of esters is 2. The highest BCUT2D eigenvalue weighted by Crippen LogP contribution is 2.51. The highest BCUT2D eigenvalue weighted by molar-refractivity contribution is 7.59. The Morgan fingerprint density at radius 3 is 1.91 bits per heavy atom.